The number of benzene rings is 2. The lowest BCUT2D eigenvalue weighted by Gasteiger charge is -2.14. The molecular weight excluding hydrogens is 354 g/mol. The lowest BCUT2D eigenvalue weighted by Crippen LogP contribution is -2.41. The van der Waals surface area contributed by atoms with Gasteiger partial charge >= 0.3 is 6.18 Å². The summed E-state index contributed by atoms with van der Waals surface area (Å²) >= 11 is 0. The lowest BCUT2D eigenvalue weighted by molar-refractivity contribution is -0.140. The molecule has 5 nitrogen and oxygen atoms in total. The summed E-state index contributed by atoms with van der Waals surface area (Å²) in [6.07, 6.45) is -4.93. The molecular formula is C17H15F4N3O2. The van der Waals surface area contributed by atoms with E-state index in [0.29, 0.717) is 12.1 Å². The zero-order chi connectivity index (χ0) is 19.5. The number of alkyl halides is 3. The van der Waals surface area contributed by atoms with Gasteiger partial charge in [-0.2, -0.15) is 13.2 Å². The minimum atomic E-state index is -4.93. The van der Waals surface area contributed by atoms with Crippen LogP contribution in [0.4, 0.5) is 23.2 Å². The normalized spacial score (nSPS) is 11.0. The molecule has 26 heavy (non-hydrogen) atoms. The van der Waals surface area contributed by atoms with Crippen molar-refractivity contribution < 1.29 is 27.2 Å². The molecule has 0 aliphatic rings. The molecule has 2 rings (SSSR count). The van der Waals surface area contributed by atoms with Crippen LogP contribution in [0.25, 0.3) is 0 Å². The van der Waals surface area contributed by atoms with Gasteiger partial charge in [0.2, 0.25) is 0 Å². The topological polar surface area (TPSA) is 61.4 Å². The van der Waals surface area contributed by atoms with Gasteiger partial charge in [-0.15, -0.1) is 0 Å². The van der Waals surface area contributed by atoms with Crippen LogP contribution in [0.1, 0.15) is 26.3 Å². The molecule has 9 heteroatoms. The summed E-state index contributed by atoms with van der Waals surface area (Å²) in [6, 6.07) is 8.30. The zero-order valence-corrected chi connectivity index (χ0v) is 13.8. The van der Waals surface area contributed by atoms with Gasteiger partial charge < -0.3 is 4.90 Å². The second-order valence-electron chi connectivity index (χ2n) is 5.55. The highest BCUT2D eigenvalue weighted by Crippen LogP contribution is 2.31. The van der Waals surface area contributed by atoms with Crippen LogP contribution in [0.2, 0.25) is 0 Å². The van der Waals surface area contributed by atoms with E-state index in [0.717, 1.165) is 11.8 Å². The van der Waals surface area contributed by atoms with E-state index in [9.17, 15) is 27.2 Å². The Morgan fingerprint density at radius 2 is 1.50 bits per heavy atom. The monoisotopic (exact) mass is 369 g/mol. The fraction of sp³-hybridized carbons (Fsp3) is 0.176. The van der Waals surface area contributed by atoms with Crippen molar-refractivity contribution in [1.29, 1.82) is 0 Å². The van der Waals surface area contributed by atoms with E-state index in [2.05, 4.69) is 5.43 Å². The Kier molecular flexibility index (Phi) is 5.49. The summed E-state index contributed by atoms with van der Waals surface area (Å²) in [5.41, 5.74) is 3.09. The SMILES string of the molecule is CN(C)c1cccc(C(=O)NNC(=O)c2ccc(F)c(C(F)(F)F)c2)c1. The number of carbonyl (C=O) groups is 2. The molecule has 0 spiro atoms. The predicted octanol–water partition coefficient (Wildman–Crippen LogP) is 2.99. The number of hydrogen-bond donors (Lipinski definition) is 2. The molecule has 0 unspecified atom stereocenters. The minimum absolute atomic E-state index is 0.242. The highest BCUT2D eigenvalue weighted by Gasteiger charge is 2.34. The molecule has 2 N–H and O–H groups in total. The van der Waals surface area contributed by atoms with Crippen molar-refractivity contribution in [2.24, 2.45) is 0 Å². The Labute approximate surface area is 146 Å². The largest absolute Gasteiger partial charge is 0.419 e. The van der Waals surface area contributed by atoms with E-state index in [1.807, 2.05) is 5.43 Å². The zero-order valence-electron chi connectivity index (χ0n) is 13.8. The number of nitrogens with one attached hydrogen (secondary N) is 2. The van der Waals surface area contributed by atoms with Gasteiger partial charge in [0.1, 0.15) is 5.82 Å². The summed E-state index contributed by atoms with van der Waals surface area (Å²) < 4.78 is 51.3. The van der Waals surface area contributed by atoms with Crippen LogP contribution in [0.5, 0.6) is 0 Å². The maximum Gasteiger partial charge on any atom is 0.419 e. The van der Waals surface area contributed by atoms with E-state index in [1.165, 1.54) is 6.07 Å². The molecule has 0 aromatic heterocycles. The van der Waals surface area contributed by atoms with Crippen LogP contribution in [-0.2, 0) is 6.18 Å². The number of anilines is 1. The molecule has 0 fully saturated rings. The number of halogens is 4. The Morgan fingerprint density at radius 3 is 2.04 bits per heavy atom. The lowest BCUT2D eigenvalue weighted by atomic mass is 10.1. The molecule has 0 radical (unpaired) electrons. The predicted molar refractivity (Wildman–Crippen MR) is 87.1 cm³/mol. The van der Waals surface area contributed by atoms with Crippen LogP contribution in [0, 0.1) is 5.82 Å². The van der Waals surface area contributed by atoms with Crippen molar-refractivity contribution in [3.8, 4) is 0 Å². The standard InChI is InChI=1S/C17H15F4N3O2/c1-24(2)12-5-3-4-10(8-12)15(25)22-23-16(26)11-6-7-14(18)13(9-11)17(19,20)21/h3-9H,1-2H3,(H,22,25)(H,23,26). The molecule has 2 aromatic carbocycles. The molecule has 0 aliphatic heterocycles. The number of nitrogens with zero attached hydrogens (tertiary/aromatic N) is 1. The molecule has 0 saturated heterocycles. The Morgan fingerprint density at radius 1 is 0.923 bits per heavy atom. The molecule has 0 bridgehead atoms. The maximum atomic E-state index is 13.2. The first-order chi connectivity index (χ1) is 12.1. The number of hydrogen-bond acceptors (Lipinski definition) is 3. The van der Waals surface area contributed by atoms with Crippen molar-refractivity contribution in [1.82, 2.24) is 10.9 Å². The quantitative estimate of drug-likeness (QED) is 0.646. The van der Waals surface area contributed by atoms with Crippen molar-refractivity contribution in [2.75, 3.05) is 19.0 Å². The summed E-state index contributed by atoms with van der Waals surface area (Å²) in [6.45, 7) is 0. The van der Waals surface area contributed by atoms with Gasteiger partial charge in [0.05, 0.1) is 5.56 Å². The third-order valence-electron chi connectivity index (χ3n) is 3.45. The number of rotatable bonds is 3. The van der Waals surface area contributed by atoms with E-state index in [1.54, 1.807) is 37.2 Å². The van der Waals surface area contributed by atoms with Crippen LogP contribution >= 0.6 is 0 Å². The molecule has 2 aromatic rings. The van der Waals surface area contributed by atoms with Crippen molar-refractivity contribution in [2.45, 2.75) is 6.18 Å². The van der Waals surface area contributed by atoms with Gasteiger partial charge in [0.25, 0.3) is 11.8 Å². The van der Waals surface area contributed by atoms with E-state index < -0.39 is 34.9 Å². The fourth-order valence-electron chi connectivity index (χ4n) is 2.07. The van der Waals surface area contributed by atoms with Gasteiger partial charge in [0.15, 0.2) is 0 Å². The first-order valence-electron chi connectivity index (χ1n) is 7.34. The van der Waals surface area contributed by atoms with Gasteiger partial charge in [-0.25, -0.2) is 4.39 Å². The smallest absolute Gasteiger partial charge is 0.378 e. The van der Waals surface area contributed by atoms with Gasteiger partial charge in [-0.3, -0.25) is 20.4 Å². The van der Waals surface area contributed by atoms with Crippen LogP contribution in [-0.4, -0.2) is 25.9 Å². The Bertz CT molecular complexity index is 835. The Balaban J connectivity index is 2.09. The molecule has 0 heterocycles. The van der Waals surface area contributed by atoms with Gasteiger partial charge in [-0.1, -0.05) is 6.07 Å². The summed E-state index contributed by atoms with van der Waals surface area (Å²) in [5.74, 6) is -3.15. The number of carbonyl (C=O) groups excluding carboxylic acids is 2. The van der Waals surface area contributed by atoms with Gasteiger partial charge in [0, 0.05) is 30.9 Å². The molecule has 138 valence electrons. The minimum Gasteiger partial charge on any atom is -0.378 e. The first kappa shape index (κ1) is 19.2. The number of amides is 2. The molecule has 0 atom stereocenters. The number of hydrazine groups is 1. The highest BCUT2D eigenvalue weighted by atomic mass is 19.4. The molecule has 2 amide bonds. The molecule has 0 aliphatic carbocycles. The van der Waals surface area contributed by atoms with Crippen molar-refractivity contribution in [3.05, 3.63) is 65.0 Å². The van der Waals surface area contributed by atoms with Gasteiger partial charge in [-0.05, 0) is 36.4 Å². The third-order valence-corrected chi connectivity index (χ3v) is 3.45. The van der Waals surface area contributed by atoms with E-state index in [-0.39, 0.29) is 5.56 Å². The fourth-order valence-corrected chi connectivity index (χ4v) is 2.07. The van der Waals surface area contributed by atoms with E-state index >= 15 is 0 Å². The van der Waals surface area contributed by atoms with Crippen molar-refractivity contribution >= 4 is 17.5 Å². The van der Waals surface area contributed by atoms with E-state index in [4.69, 9.17) is 0 Å². The average molecular weight is 369 g/mol. The van der Waals surface area contributed by atoms with Crippen molar-refractivity contribution in [3.63, 3.8) is 0 Å². The average Bonchev–Trinajstić information content (AvgIpc) is 2.58. The Hall–Kier alpha value is -3.10. The summed E-state index contributed by atoms with van der Waals surface area (Å²) in [5, 5.41) is 0. The van der Waals surface area contributed by atoms with Crippen LogP contribution < -0.4 is 15.8 Å². The molecule has 0 saturated carbocycles. The summed E-state index contributed by atoms with van der Waals surface area (Å²) in [4.78, 5) is 25.7. The van der Waals surface area contributed by atoms with Crippen LogP contribution in [0.15, 0.2) is 42.5 Å². The second-order valence-corrected chi connectivity index (χ2v) is 5.55. The van der Waals surface area contributed by atoms with Crippen LogP contribution in [0.3, 0.4) is 0 Å². The summed E-state index contributed by atoms with van der Waals surface area (Å²) in [7, 11) is 3.57. The highest BCUT2D eigenvalue weighted by molar-refractivity contribution is 5.99. The maximum absolute atomic E-state index is 13.2. The first-order valence-corrected chi connectivity index (χ1v) is 7.34. The second kappa shape index (κ2) is 7.42. The third kappa shape index (κ3) is 4.50.